The van der Waals surface area contributed by atoms with E-state index < -0.39 is 66.9 Å². The predicted molar refractivity (Wildman–Crippen MR) is 94.6 cm³/mol. The number of alkyl halides is 6. The molecule has 3 aliphatic heterocycles. The molecule has 3 heterocycles. The van der Waals surface area contributed by atoms with Crippen LogP contribution in [0, 0.1) is 11.8 Å². The van der Waals surface area contributed by atoms with Crippen molar-refractivity contribution in [2.75, 3.05) is 13.2 Å². The fourth-order valence-electron chi connectivity index (χ4n) is 4.16. The van der Waals surface area contributed by atoms with Crippen LogP contribution < -0.4 is 27.2 Å². The molecule has 3 aliphatic rings. The number of halogens is 6. The number of hydrogen-bond acceptors (Lipinski definition) is 7. The van der Waals surface area contributed by atoms with Gasteiger partial charge >= 0.3 is 12.4 Å². The number of piperidine rings is 1. The van der Waals surface area contributed by atoms with Gasteiger partial charge in [0.1, 0.15) is 12.5 Å². The molecular formula is C17H29F6N5O2. The van der Waals surface area contributed by atoms with Crippen molar-refractivity contribution in [1.29, 1.82) is 0 Å². The summed E-state index contributed by atoms with van der Waals surface area (Å²) in [4.78, 5) is 0. The monoisotopic (exact) mass is 449 g/mol. The van der Waals surface area contributed by atoms with Crippen LogP contribution in [0.1, 0.15) is 33.1 Å². The van der Waals surface area contributed by atoms with Gasteiger partial charge in [-0.3, -0.25) is 10.6 Å². The highest BCUT2D eigenvalue weighted by Crippen LogP contribution is 2.38. The topological polar surface area (TPSA) is 92.6 Å². The maximum absolute atomic E-state index is 13.6. The summed E-state index contributed by atoms with van der Waals surface area (Å²) in [5, 5.41) is 5.68. The first-order valence-corrected chi connectivity index (χ1v) is 9.97. The molecule has 3 saturated heterocycles. The van der Waals surface area contributed by atoms with Crippen molar-refractivity contribution < 1.29 is 35.8 Å². The van der Waals surface area contributed by atoms with Crippen LogP contribution in [0.15, 0.2) is 0 Å². The highest BCUT2D eigenvalue weighted by molar-refractivity contribution is 5.00. The van der Waals surface area contributed by atoms with Crippen LogP contribution in [-0.4, -0.2) is 61.8 Å². The van der Waals surface area contributed by atoms with E-state index in [2.05, 4.69) is 21.5 Å². The minimum atomic E-state index is -4.52. The maximum atomic E-state index is 13.6. The molecular weight excluding hydrogens is 420 g/mol. The Kier molecular flexibility index (Phi) is 6.93. The summed E-state index contributed by atoms with van der Waals surface area (Å²) in [5.41, 5.74) is 10.2. The molecule has 7 atom stereocenters. The van der Waals surface area contributed by atoms with Gasteiger partial charge in [-0.2, -0.15) is 26.3 Å². The third kappa shape index (κ3) is 5.56. The third-order valence-corrected chi connectivity index (χ3v) is 5.86. The van der Waals surface area contributed by atoms with Crippen LogP contribution in [-0.2, 0) is 9.47 Å². The van der Waals surface area contributed by atoms with Crippen LogP contribution in [0.25, 0.3) is 0 Å². The summed E-state index contributed by atoms with van der Waals surface area (Å²) < 4.78 is 92.7. The zero-order valence-corrected chi connectivity index (χ0v) is 16.7. The van der Waals surface area contributed by atoms with Crippen molar-refractivity contribution in [2.45, 2.75) is 81.8 Å². The normalized spacial score (nSPS) is 41.3. The average molecular weight is 449 g/mol. The molecule has 4 bridgehead atoms. The van der Waals surface area contributed by atoms with Gasteiger partial charge in [-0.15, -0.1) is 0 Å². The molecule has 30 heavy (non-hydrogen) atoms. The second kappa shape index (κ2) is 8.68. The van der Waals surface area contributed by atoms with Crippen molar-refractivity contribution >= 4 is 0 Å². The Hall–Kier alpha value is -0.700. The van der Waals surface area contributed by atoms with E-state index in [0.717, 1.165) is 0 Å². The van der Waals surface area contributed by atoms with E-state index in [9.17, 15) is 26.3 Å². The summed E-state index contributed by atoms with van der Waals surface area (Å²) in [6.07, 6.45) is -13.1. The van der Waals surface area contributed by atoms with Crippen molar-refractivity contribution in [2.24, 2.45) is 17.6 Å². The van der Waals surface area contributed by atoms with Gasteiger partial charge in [0.05, 0.1) is 29.6 Å². The minimum absolute atomic E-state index is 0.0408. The van der Waals surface area contributed by atoms with Gasteiger partial charge < -0.3 is 15.2 Å². The summed E-state index contributed by atoms with van der Waals surface area (Å²) in [7, 11) is 0. The molecule has 3 rings (SSSR count). The maximum Gasteiger partial charge on any atom is 0.395 e. The Balaban J connectivity index is 1.85. The number of ether oxygens (including phenoxy) is 2. The first-order valence-electron chi connectivity index (χ1n) is 9.97. The quantitative estimate of drug-likeness (QED) is 0.356. The van der Waals surface area contributed by atoms with E-state index in [-0.39, 0.29) is 26.0 Å². The number of nitrogens with one attached hydrogen (secondary N) is 4. The Morgan fingerprint density at radius 1 is 0.967 bits per heavy atom. The number of hydrazine groups is 1. The summed E-state index contributed by atoms with van der Waals surface area (Å²) in [5.74, 6) is -3.57. The van der Waals surface area contributed by atoms with Crippen molar-refractivity contribution in [1.82, 2.24) is 21.5 Å². The first kappa shape index (κ1) is 24.0. The van der Waals surface area contributed by atoms with E-state index in [1.165, 1.54) is 0 Å². The van der Waals surface area contributed by atoms with Crippen molar-refractivity contribution in [3.63, 3.8) is 0 Å². The van der Waals surface area contributed by atoms with Crippen LogP contribution in [0.2, 0.25) is 0 Å². The molecule has 0 spiro atoms. The van der Waals surface area contributed by atoms with E-state index in [1.807, 2.05) is 0 Å². The number of fused-ring (bicyclic) bond motifs is 5. The summed E-state index contributed by atoms with van der Waals surface area (Å²) in [6.45, 7) is 3.47. The number of hydrogen-bond donors (Lipinski definition) is 5. The molecule has 0 aromatic heterocycles. The molecule has 3 fully saturated rings. The Morgan fingerprint density at radius 2 is 1.60 bits per heavy atom. The van der Waals surface area contributed by atoms with E-state index >= 15 is 0 Å². The zero-order chi connectivity index (χ0) is 22.3. The standard InChI is InChI=1S/C17H29F6N5O2/c1-15(2)7-25-12-9(17(21,22)23)6-10(24)11(26-12)14-28-27-13(30-14)8(16(18,19)20)4-3-5-29-15/h8-14,25-28H,3-7,24H2,1-2H3/t8-,9?,10?,11?,12?,13?,14?/m1/s1. The van der Waals surface area contributed by atoms with Gasteiger partial charge in [-0.1, -0.05) is 0 Å². The Morgan fingerprint density at radius 3 is 2.23 bits per heavy atom. The lowest BCUT2D eigenvalue weighted by Crippen LogP contribution is -2.70. The van der Waals surface area contributed by atoms with Crippen LogP contribution >= 0.6 is 0 Å². The van der Waals surface area contributed by atoms with Crippen LogP contribution in [0.3, 0.4) is 0 Å². The van der Waals surface area contributed by atoms with Gasteiger partial charge in [-0.05, 0) is 33.1 Å². The minimum Gasteiger partial charge on any atom is -0.374 e. The molecule has 0 aromatic carbocycles. The zero-order valence-electron chi connectivity index (χ0n) is 16.7. The van der Waals surface area contributed by atoms with E-state index in [1.54, 1.807) is 13.8 Å². The predicted octanol–water partition coefficient (Wildman–Crippen LogP) is 1.31. The Labute approximate surface area is 170 Å². The molecule has 13 heteroatoms. The summed E-state index contributed by atoms with van der Waals surface area (Å²) in [6, 6.07) is -1.81. The SMILES string of the molecule is CC1(C)CNC2NC(C(N)CC2C(F)(F)F)C2NNC(O2)[C@H](C(F)(F)F)CCCO1. The van der Waals surface area contributed by atoms with E-state index in [0.29, 0.717) is 0 Å². The second-order valence-electron chi connectivity index (χ2n) is 8.76. The van der Waals surface area contributed by atoms with Crippen molar-refractivity contribution in [3.05, 3.63) is 0 Å². The van der Waals surface area contributed by atoms with Gasteiger partial charge in [0.2, 0.25) is 0 Å². The third-order valence-electron chi connectivity index (χ3n) is 5.86. The van der Waals surface area contributed by atoms with Gasteiger partial charge in [-0.25, -0.2) is 10.9 Å². The second-order valence-corrected chi connectivity index (χ2v) is 8.76. The fraction of sp³-hybridized carbons (Fsp3) is 1.00. The lowest BCUT2D eigenvalue weighted by molar-refractivity contribution is -0.216. The van der Waals surface area contributed by atoms with Crippen LogP contribution in [0.5, 0.6) is 0 Å². The van der Waals surface area contributed by atoms with Gasteiger partial charge in [0.25, 0.3) is 0 Å². The average Bonchev–Trinajstić information content (AvgIpc) is 3.06. The number of nitrogens with two attached hydrogens (primary N) is 1. The molecule has 0 amide bonds. The Bertz CT molecular complexity index is 590. The first-order chi connectivity index (χ1) is 13.8. The number of rotatable bonds is 0. The molecule has 6 unspecified atom stereocenters. The van der Waals surface area contributed by atoms with Gasteiger partial charge in [0.15, 0.2) is 0 Å². The summed E-state index contributed by atoms with van der Waals surface area (Å²) >= 11 is 0. The highest BCUT2D eigenvalue weighted by atomic mass is 19.4. The molecule has 0 aliphatic carbocycles. The fourth-order valence-corrected chi connectivity index (χ4v) is 4.16. The molecule has 7 nitrogen and oxygen atoms in total. The molecule has 6 N–H and O–H groups in total. The van der Waals surface area contributed by atoms with E-state index in [4.69, 9.17) is 15.2 Å². The smallest absolute Gasteiger partial charge is 0.374 e. The lowest BCUT2D eigenvalue weighted by atomic mass is 9.86. The molecule has 0 radical (unpaired) electrons. The molecule has 0 saturated carbocycles. The van der Waals surface area contributed by atoms with Crippen molar-refractivity contribution in [3.8, 4) is 0 Å². The van der Waals surface area contributed by atoms with Crippen LogP contribution in [0.4, 0.5) is 26.3 Å². The van der Waals surface area contributed by atoms with Gasteiger partial charge in [0, 0.05) is 19.2 Å². The molecule has 0 aromatic rings. The lowest BCUT2D eigenvalue weighted by Gasteiger charge is -2.44. The highest BCUT2D eigenvalue weighted by Gasteiger charge is 2.54. The molecule has 176 valence electrons. The largest absolute Gasteiger partial charge is 0.395 e.